The molecule has 18 heavy (non-hydrogen) atoms. The number of nitrogens with one attached hydrogen (secondary N) is 1. The van der Waals surface area contributed by atoms with Crippen molar-refractivity contribution in [1.82, 2.24) is 20.3 Å². The molecular weight excluding hydrogens is 237 g/mol. The minimum Gasteiger partial charge on any atom is -0.396 e. The molecule has 0 atom stereocenters. The fraction of sp³-hybridized carbons (Fsp3) is 0.182. The second-order valence-electron chi connectivity index (χ2n) is 3.62. The Hall–Kier alpha value is -2.44. The zero-order valence-electron chi connectivity index (χ0n) is 9.51. The quantitative estimate of drug-likeness (QED) is 0.769. The second kappa shape index (κ2) is 5.26. The summed E-state index contributed by atoms with van der Waals surface area (Å²) in [5.74, 6) is -1.01. The minimum atomic E-state index is -0.598. The number of nitrogen functional groups attached to an aromatic ring is 1. The highest BCUT2D eigenvalue weighted by atomic mass is 19.1. The number of rotatable bonds is 4. The summed E-state index contributed by atoms with van der Waals surface area (Å²) in [5, 5.41) is 10.0. The molecule has 6 nitrogen and oxygen atoms in total. The summed E-state index contributed by atoms with van der Waals surface area (Å²) in [6.45, 7) is 0.846. The molecule has 94 valence electrons. The van der Waals surface area contributed by atoms with E-state index in [1.54, 1.807) is 17.1 Å². The van der Waals surface area contributed by atoms with E-state index in [1.807, 2.05) is 0 Å². The Kier molecular flexibility index (Phi) is 3.52. The predicted octanol–water partition coefficient (Wildman–Crippen LogP) is 0.429. The van der Waals surface area contributed by atoms with Crippen LogP contribution in [0, 0.1) is 5.82 Å². The van der Waals surface area contributed by atoms with Gasteiger partial charge in [-0.2, -0.15) is 0 Å². The highest BCUT2D eigenvalue weighted by Crippen LogP contribution is 2.15. The number of para-hydroxylation sites is 1. The molecule has 0 fully saturated rings. The van der Waals surface area contributed by atoms with Crippen molar-refractivity contribution in [2.45, 2.75) is 6.54 Å². The first-order valence-corrected chi connectivity index (χ1v) is 5.35. The number of hydrogen-bond donors (Lipinski definition) is 2. The summed E-state index contributed by atoms with van der Waals surface area (Å²) in [5.41, 5.74) is 5.48. The molecule has 0 aliphatic carbocycles. The molecule has 1 aromatic heterocycles. The van der Waals surface area contributed by atoms with Crippen molar-refractivity contribution in [1.29, 1.82) is 0 Å². The maximum Gasteiger partial charge on any atom is 0.253 e. The Morgan fingerprint density at radius 3 is 3.06 bits per heavy atom. The van der Waals surface area contributed by atoms with Gasteiger partial charge in [-0.25, -0.2) is 4.39 Å². The summed E-state index contributed by atoms with van der Waals surface area (Å²) >= 11 is 0. The van der Waals surface area contributed by atoms with Gasteiger partial charge in [-0.3, -0.25) is 9.48 Å². The molecule has 3 N–H and O–H groups in total. The molecule has 0 aliphatic rings. The monoisotopic (exact) mass is 249 g/mol. The number of hydrogen-bond acceptors (Lipinski definition) is 4. The maximum absolute atomic E-state index is 13.2. The van der Waals surface area contributed by atoms with Crippen LogP contribution in [0.2, 0.25) is 0 Å². The van der Waals surface area contributed by atoms with Crippen molar-refractivity contribution >= 4 is 11.6 Å². The first-order chi connectivity index (χ1) is 8.68. The van der Waals surface area contributed by atoms with Crippen LogP contribution >= 0.6 is 0 Å². The fourth-order valence-electron chi connectivity index (χ4n) is 1.47. The third-order valence-electron chi connectivity index (χ3n) is 2.40. The summed E-state index contributed by atoms with van der Waals surface area (Å²) in [6, 6.07) is 4.13. The van der Waals surface area contributed by atoms with E-state index >= 15 is 0 Å². The summed E-state index contributed by atoms with van der Waals surface area (Å²) in [4.78, 5) is 11.7. The molecule has 1 heterocycles. The van der Waals surface area contributed by atoms with E-state index < -0.39 is 11.7 Å². The lowest BCUT2D eigenvalue weighted by Crippen LogP contribution is -2.28. The van der Waals surface area contributed by atoms with Crippen molar-refractivity contribution < 1.29 is 9.18 Å². The van der Waals surface area contributed by atoms with E-state index in [-0.39, 0.29) is 11.3 Å². The second-order valence-corrected chi connectivity index (χ2v) is 3.62. The molecule has 2 aromatic rings. The Labute approximate surface area is 103 Å². The van der Waals surface area contributed by atoms with Crippen LogP contribution in [0.4, 0.5) is 10.1 Å². The van der Waals surface area contributed by atoms with E-state index in [0.29, 0.717) is 13.1 Å². The van der Waals surface area contributed by atoms with Gasteiger partial charge in [0.1, 0.15) is 5.82 Å². The molecule has 7 heteroatoms. The predicted molar refractivity (Wildman–Crippen MR) is 63.2 cm³/mol. The molecule has 0 spiro atoms. The summed E-state index contributed by atoms with van der Waals surface area (Å²) in [7, 11) is 0. The largest absolute Gasteiger partial charge is 0.396 e. The van der Waals surface area contributed by atoms with E-state index in [1.165, 1.54) is 18.2 Å². The fourth-order valence-corrected chi connectivity index (χ4v) is 1.47. The zero-order chi connectivity index (χ0) is 13.0. The number of carbonyl (C=O) groups is 1. The third kappa shape index (κ3) is 2.62. The van der Waals surface area contributed by atoms with Gasteiger partial charge >= 0.3 is 0 Å². The van der Waals surface area contributed by atoms with Crippen molar-refractivity contribution in [3.63, 3.8) is 0 Å². The number of nitrogens with two attached hydrogens (primary N) is 1. The van der Waals surface area contributed by atoms with Crippen molar-refractivity contribution in [2.24, 2.45) is 0 Å². The Morgan fingerprint density at radius 2 is 2.33 bits per heavy atom. The highest BCUT2D eigenvalue weighted by molar-refractivity contribution is 5.99. The minimum absolute atomic E-state index is 0.133. The molecule has 0 radical (unpaired) electrons. The number of aromatic nitrogens is 3. The Morgan fingerprint density at radius 1 is 1.50 bits per heavy atom. The molecule has 0 saturated heterocycles. The Balaban J connectivity index is 1.93. The number of anilines is 1. The standard InChI is InChI=1S/C11H12FN5O/c12-9-3-1-2-8(10(9)13)11(18)14-4-6-17-7-5-15-16-17/h1-3,5,7H,4,6,13H2,(H,14,18). The third-order valence-corrected chi connectivity index (χ3v) is 2.40. The number of benzene rings is 1. The van der Waals surface area contributed by atoms with Gasteiger partial charge < -0.3 is 11.1 Å². The lowest BCUT2D eigenvalue weighted by Gasteiger charge is -2.07. The van der Waals surface area contributed by atoms with Gasteiger partial charge in [-0.05, 0) is 12.1 Å². The molecule has 0 saturated carbocycles. The van der Waals surface area contributed by atoms with E-state index in [2.05, 4.69) is 15.6 Å². The van der Waals surface area contributed by atoms with Crippen LogP contribution in [-0.4, -0.2) is 27.4 Å². The molecule has 0 aliphatic heterocycles. The van der Waals surface area contributed by atoms with Crippen molar-refractivity contribution in [3.05, 3.63) is 42.0 Å². The molecule has 0 unspecified atom stereocenters. The van der Waals surface area contributed by atoms with Crippen LogP contribution in [0.5, 0.6) is 0 Å². The molecule has 0 bridgehead atoms. The van der Waals surface area contributed by atoms with Crippen LogP contribution in [0.3, 0.4) is 0 Å². The van der Waals surface area contributed by atoms with E-state index in [0.717, 1.165) is 0 Å². The van der Waals surface area contributed by atoms with Crippen LogP contribution in [0.15, 0.2) is 30.6 Å². The zero-order valence-corrected chi connectivity index (χ0v) is 9.51. The molecule has 2 rings (SSSR count). The SMILES string of the molecule is Nc1c(F)cccc1C(=O)NCCn1ccnn1. The average molecular weight is 249 g/mol. The number of carbonyl (C=O) groups excluding carboxylic acids is 1. The van der Waals surface area contributed by atoms with Gasteiger partial charge in [0.05, 0.1) is 24.0 Å². The topological polar surface area (TPSA) is 85.8 Å². The summed E-state index contributed by atoms with van der Waals surface area (Å²) < 4.78 is 14.7. The lowest BCUT2D eigenvalue weighted by atomic mass is 10.1. The van der Waals surface area contributed by atoms with Gasteiger partial charge in [0.15, 0.2) is 0 Å². The number of halogens is 1. The van der Waals surface area contributed by atoms with Gasteiger partial charge in [0, 0.05) is 12.7 Å². The smallest absolute Gasteiger partial charge is 0.253 e. The normalized spacial score (nSPS) is 10.3. The average Bonchev–Trinajstić information content (AvgIpc) is 2.85. The molecule has 1 amide bonds. The summed E-state index contributed by atoms with van der Waals surface area (Å²) in [6.07, 6.45) is 3.23. The van der Waals surface area contributed by atoms with Crippen LogP contribution < -0.4 is 11.1 Å². The van der Waals surface area contributed by atoms with E-state index in [4.69, 9.17) is 5.73 Å². The number of amides is 1. The van der Waals surface area contributed by atoms with Gasteiger partial charge in [-0.1, -0.05) is 11.3 Å². The highest BCUT2D eigenvalue weighted by Gasteiger charge is 2.11. The number of nitrogens with zero attached hydrogens (tertiary/aromatic N) is 3. The lowest BCUT2D eigenvalue weighted by molar-refractivity contribution is 0.0952. The first-order valence-electron chi connectivity index (χ1n) is 5.35. The van der Waals surface area contributed by atoms with Gasteiger partial charge in [0.2, 0.25) is 0 Å². The Bertz CT molecular complexity index is 540. The maximum atomic E-state index is 13.2. The first kappa shape index (κ1) is 12.0. The van der Waals surface area contributed by atoms with Crippen LogP contribution in [0.1, 0.15) is 10.4 Å². The molecular formula is C11H12FN5O. The van der Waals surface area contributed by atoms with Crippen molar-refractivity contribution in [2.75, 3.05) is 12.3 Å². The van der Waals surface area contributed by atoms with Crippen molar-refractivity contribution in [3.8, 4) is 0 Å². The van der Waals surface area contributed by atoms with Gasteiger partial charge in [0.25, 0.3) is 5.91 Å². The molecule has 1 aromatic carbocycles. The van der Waals surface area contributed by atoms with Crippen LogP contribution in [0.25, 0.3) is 0 Å². The van der Waals surface area contributed by atoms with Gasteiger partial charge in [-0.15, -0.1) is 5.10 Å². The van der Waals surface area contributed by atoms with Crippen LogP contribution in [-0.2, 0) is 6.54 Å². The van der Waals surface area contributed by atoms with E-state index in [9.17, 15) is 9.18 Å².